The van der Waals surface area contributed by atoms with Gasteiger partial charge in [0.15, 0.2) is 0 Å². The molecule has 1 aliphatic rings. The van der Waals surface area contributed by atoms with Crippen LogP contribution in [0.2, 0.25) is 5.02 Å². The number of piperidine rings is 1. The Labute approximate surface area is 234 Å². The number of carbonyl (C=O) groups is 1. The maximum atomic E-state index is 12.9. The number of carboxylic acids is 1. The maximum absolute atomic E-state index is 12.9. The van der Waals surface area contributed by atoms with Gasteiger partial charge in [0.2, 0.25) is 5.95 Å². The Balaban J connectivity index is 0.00000353. The summed E-state index contributed by atoms with van der Waals surface area (Å²) < 4.78 is 32.5. The molecule has 3 heterocycles. The summed E-state index contributed by atoms with van der Waals surface area (Å²) in [5.41, 5.74) is 8.43. The third kappa shape index (κ3) is 5.90. The summed E-state index contributed by atoms with van der Waals surface area (Å²) in [6, 6.07) is 10.3. The van der Waals surface area contributed by atoms with Crippen molar-refractivity contribution >= 4 is 47.0 Å². The number of nitrogens with two attached hydrogens (primary N) is 1. The van der Waals surface area contributed by atoms with E-state index in [0.717, 1.165) is 22.2 Å². The number of fused-ring (bicyclic) bond motifs is 1. The van der Waals surface area contributed by atoms with E-state index < -0.39 is 18.1 Å². The molecule has 0 atom stereocenters. The molecule has 39 heavy (non-hydrogen) atoms. The molecule has 2 aromatic heterocycles. The van der Waals surface area contributed by atoms with Gasteiger partial charge in [-0.25, -0.2) is 15.0 Å². The van der Waals surface area contributed by atoms with Crippen LogP contribution in [0.1, 0.15) is 24.2 Å². The van der Waals surface area contributed by atoms with Crippen molar-refractivity contribution in [3.63, 3.8) is 0 Å². The van der Waals surface area contributed by atoms with Gasteiger partial charge in [-0.3, -0.25) is 4.79 Å². The standard InChI is InChI=1S/C26H25ClF2N6O3.ClH/c1-15-33-20-4-2-16(11-21(20)35(15)14-17-10-19(27)3-5-22(17)38-24(28)29)18-12-31-25(32-13-18)34-8-6-26(30,7-9-34)23(36)37;/h2-5,10-13,24H,6-9,14,30H2,1H3,(H,36,37);1H. The molecule has 0 spiro atoms. The van der Waals surface area contributed by atoms with E-state index in [-0.39, 0.29) is 24.7 Å². The predicted molar refractivity (Wildman–Crippen MR) is 146 cm³/mol. The van der Waals surface area contributed by atoms with Crippen molar-refractivity contribution in [1.29, 1.82) is 0 Å². The quantitative estimate of drug-likeness (QED) is 0.317. The van der Waals surface area contributed by atoms with Crippen LogP contribution in [0.4, 0.5) is 14.7 Å². The minimum absolute atomic E-state index is 0. The number of alkyl halides is 2. The predicted octanol–water partition coefficient (Wildman–Crippen LogP) is 4.91. The fourth-order valence-electron chi connectivity index (χ4n) is 4.63. The van der Waals surface area contributed by atoms with E-state index in [0.29, 0.717) is 48.3 Å². The number of nitrogens with zero attached hydrogens (tertiary/aromatic N) is 5. The van der Waals surface area contributed by atoms with Gasteiger partial charge in [0.25, 0.3) is 0 Å². The molecule has 0 aliphatic carbocycles. The van der Waals surface area contributed by atoms with Crippen molar-refractivity contribution in [2.45, 2.75) is 38.5 Å². The number of carboxylic acid groups (broad SMARTS) is 1. The second kappa shape index (κ2) is 11.3. The Morgan fingerprint density at radius 1 is 1.15 bits per heavy atom. The Morgan fingerprint density at radius 2 is 1.85 bits per heavy atom. The number of hydrogen-bond donors (Lipinski definition) is 2. The van der Waals surface area contributed by atoms with E-state index in [1.54, 1.807) is 18.5 Å². The Hall–Kier alpha value is -3.54. The first-order chi connectivity index (χ1) is 18.1. The van der Waals surface area contributed by atoms with Crippen molar-refractivity contribution in [1.82, 2.24) is 19.5 Å². The number of imidazole rings is 1. The summed E-state index contributed by atoms with van der Waals surface area (Å²) in [5, 5.41) is 9.75. The summed E-state index contributed by atoms with van der Waals surface area (Å²) >= 11 is 6.14. The third-order valence-corrected chi connectivity index (χ3v) is 7.08. The molecule has 9 nitrogen and oxygen atoms in total. The molecule has 4 aromatic rings. The molecule has 1 aliphatic heterocycles. The highest BCUT2D eigenvalue weighted by atomic mass is 35.5. The molecule has 13 heteroatoms. The molecule has 0 saturated carbocycles. The van der Waals surface area contributed by atoms with Gasteiger partial charge in [0, 0.05) is 41.6 Å². The average molecular weight is 579 g/mol. The molecule has 0 radical (unpaired) electrons. The Morgan fingerprint density at radius 3 is 2.49 bits per heavy atom. The second-order valence-electron chi connectivity index (χ2n) is 9.30. The number of aryl methyl sites for hydroxylation is 1. The SMILES string of the molecule is Cc1nc2ccc(-c3cnc(N4CCC(N)(C(=O)O)CC4)nc3)cc2n1Cc1cc(Cl)ccc1OC(F)F.Cl. The van der Waals surface area contributed by atoms with E-state index in [2.05, 4.69) is 15.0 Å². The van der Waals surface area contributed by atoms with E-state index in [1.165, 1.54) is 12.1 Å². The second-order valence-corrected chi connectivity index (χ2v) is 9.74. The van der Waals surface area contributed by atoms with E-state index in [4.69, 9.17) is 22.1 Å². The van der Waals surface area contributed by atoms with Crippen LogP contribution in [0.5, 0.6) is 5.75 Å². The van der Waals surface area contributed by atoms with Crippen LogP contribution in [-0.2, 0) is 11.3 Å². The van der Waals surface area contributed by atoms with Gasteiger partial charge in [0.05, 0.1) is 17.6 Å². The van der Waals surface area contributed by atoms with Gasteiger partial charge in [-0.05, 0) is 55.7 Å². The topological polar surface area (TPSA) is 119 Å². The summed E-state index contributed by atoms with van der Waals surface area (Å²) in [5.74, 6) is 0.273. The number of benzene rings is 2. The van der Waals surface area contributed by atoms with Gasteiger partial charge in [-0.15, -0.1) is 12.4 Å². The zero-order chi connectivity index (χ0) is 27.0. The largest absolute Gasteiger partial charge is 0.480 e. The smallest absolute Gasteiger partial charge is 0.387 e. The van der Waals surface area contributed by atoms with Crippen LogP contribution in [0, 0.1) is 6.92 Å². The molecular weight excluding hydrogens is 553 g/mol. The molecule has 3 N–H and O–H groups in total. The third-order valence-electron chi connectivity index (χ3n) is 6.84. The van der Waals surface area contributed by atoms with Crippen molar-refractivity contribution < 1.29 is 23.4 Å². The Bertz CT molecular complexity index is 1490. The van der Waals surface area contributed by atoms with Crippen LogP contribution >= 0.6 is 24.0 Å². The molecular formula is C26H26Cl2F2N6O3. The first-order valence-electron chi connectivity index (χ1n) is 11.9. The van der Waals surface area contributed by atoms with Crippen LogP contribution in [0.3, 0.4) is 0 Å². The number of halogens is 4. The van der Waals surface area contributed by atoms with Crippen molar-refractivity contribution in [3.8, 4) is 16.9 Å². The van der Waals surface area contributed by atoms with Gasteiger partial charge in [-0.1, -0.05) is 17.7 Å². The molecule has 2 aromatic carbocycles. The number of hydrogen-bond acceptors (Lipinski definition) is 7. The summed E-state index contributed by atoms with van der Waals surface area (Å²) in [6.07, 6.45) is 4.04. The lowest BCUT2D eigenvalue weighted by atomic mass is 9.89. The minimum atomic E-state index is -2.95. The van der Waals surface area contributed by atoms with Crippen LogP contribution in [0.25, 0.3) is 22.2 Å². The zero-order valence-electron chi connectivity index (χ0n) is 20.9. The highest BCUT2D eigenvalue weighted by molar-refractivity contribution is 6.30. The van der Waals surface area contributed by atoms with E-state index >= 15 is 0 Å². The van der Waals surface area contributed by atoms with Crippen LogP contribution in [-0.4, -0.2) is 55.8 Å². The Kier molecular flexibility index (Phi) is 8.24. The highest BCUT2D eigenvalue weighted by Gasteiger charge is 2.38. The fourth-order valence-corrected chi connectivity index (χ4v) is 4.82. The molecule has 0 unspecified atom stereocenters. The maximum Gasteiger partial charge on any atom is 0.387 e. The van der Waals surface area contributed by atoms with Crippen molar-refractivity contribution in [2.24, 2.45) is 5.73 Å². The number of anilines is 1. The normalized spacial score (nSPS) is 14.9. The van der Waals surface area contributed by atoms with E-state index in [9.17, 15) is 18.7 Å². The molecule has 0 amide bonds. The number of rotatable bonds is 7. The van der Waals surface area contributed by atoms with Crippen molar-refractivity contribution in [3.05, 3.63) is 65.2 Å². The average Bonchev–Trinajstić information content (AvgIpc) is 3.20. The monoisotopic (exact) mass is 578 g/mol. The van der Waals surface area contributed by atoms with E-state index in [1.807, 2.05) is 34.6 Å². The lowest BCUT2D eigenvalue weighted by Crippen LogP contribution is -2.55. The number of aliphatic carboxylic acids is 1. The molecule has 5 rings (SSSR count). The first-order valence-corrected chi connectivity index (χ1v) is 12.3. The minimum Gasteiger partial charge on any atom is -0.480 e. The summed E-state index contributed by atoms with van der Waals surface area (Å²) in [6.45, 7) is 0.0257. The van der Waals surface area contributed by atoms with Crippen LogP contribution in [0.15, 0.2) is 48.8 Å². The lowest BCUT2D eigenvalue weighted by Gasteiger charge is -2.36. The summed E-state index contributed by atoms with van der Waals surface area (Å²) in [4.78, 5) is 26.9. The van der Waals surface area contributed by atoms with Crippen LogP contribution < -0.4 is 15.4 Å². The van der Waals surface area contributed by atoms with Gasteiger partial charge < -0.3 is 25.0 Å². The summed E-state index contributed by atoms with van der Waals surface area (Å²) in [7, 11) is 0. The molecule has 1 fully saturated rings. The van der Waals surface area contributed by atoms with Gasteiger partial charge in [-0.2, -0.15) is 8.78 Å². The first kappa shape index (κ1) is 28.5. The lowest BCUT2D eigenvalue weighted by molar-refractivity contribution is -0.144. The van der Waals surface area contributed by atoms with Gasteiger partial charge >= 0.3 is 12.6 Å². The van der Waals surface area contributed by atoms with Crippen molar-refractivity contribution in [2.75, 3.05) is 18.0 Å². The molecule has 0 bridgehead atoms. The fraction of sp³-hybridized carbons (Fsp3) is 0.308. The van der Waals surface area contributed by atoms with Gasteiger partial charge in [0.1, 0.15) is 17.1 Å². The molecule has 1 saturated heterocycles. The zero-order valence-corrected chi connectivity index (χ0v) is 22.4. The number of ether oxygens (including phenoxy) is 1. The number of aromatic nitrogens is 4. The molecule has 206 valence electrons. The highest BCUT2D eigenvalue weighted by Crippen LogP contribution is 2.30.